The lowest BCUT2D eigenvalue weighted by Gasteiger charge is -2.25. The lowest BCUT2D eigenvalue weighted by atomic mass is 10.1. The van der Waals surface area contributed by atoms with Gasteiger partial charge in [0.1, 0.15) is 4.99 Å². The zero-order valence-corrected chi connectivity index (χ0v) is 11.5. The highest BCUT2D eigenvalue weighted by Crippen LogP contribution is 2.12. The average molecular weight is 252 g/mol. The van der Waals surface area contributed by atoms with Crippen molar-refractivity contribution < 1.29 is 4.74 Å². The number of rotatable bonds is 6. The molecule has 0 saturated heterocycles. The highest BCUT2D eigenvalue weighted by Gasteiger charge is 2.12. The molecule has 1 unspecified atom stereocenters. The first-order valence-electron chi connectivity index (χ1n) is 5.63. The summed E-state index contributed by atoms with van der Waals surface area (Å²) in [6, 6.07) is 8.35. The molecule has 0 fully saturated rings. The molecule has 17 heavy (non-hydrogen) atoms. The predicted molar refractivity (Wildman–Crippen MR) is 75.1 cm³/mol. The summed E-state index contributed by atoms with van der Waals surface area (Å²) < 4.78 is 5.15. The first-order valence-corrected chi connectivity index (χ1v) is 6.04. The summed E-state index contributed by atoms with van der Waals surface area (Å²) in [7, 11) is 3.79. The molecule has 0 bridgehead atoms. The van der Waals surface area contributed by atoms with Crippen LogP contribution in [0.5, 0.6) is 0 Å². The van der Waals surface area contributed by atoms with Gasteiger partial charge < -0.3 is 10.5 Å². The molecule has 0 radical (unpaired) electrons. The maximum absolute atomic E-state index is 5.71. The molecule has 0 aliphatic carbocycles. The Morgan fingerprint density at radius 2 is 2.12 bits per heavy atom. The van der Waals surface area contributed by atoms with Gasteiger partial charge in [0.05, 0.1) is 6.61 Å². The van der Waals surface area contributed by atoms with Gasteiger partial charge >= 0.3 is 0 Å². The van der Waals surface area contributed by atoms with Crippen molar-refractivity contribution in [2.24, 2.45) is 5.73 Å². The Morgan fingerprint density at radius 1 is 1.47 bits per heavy atom. The minimum atomic E-state index is 0.361. The third-order valence-electron chi connectivity index (χ3n) is 2.86. The molecular weight excluding hydrogens is 232 g/mol. The molecule has 3 nitrogen and oxygen atoms in total. The second-order valence-corrected chi connectivity index (χ2v) is 4.68. The number of hydrogen-bond donors (Lipinski definition) is 1. The van der Waals surface area contributed by atoms with Gasteiger partial charge in [-0.05, 0) is 19.5 Å². The number of nitrogens with zero attached hydrogens (tertiary/aromatic N) is 1. The standard InChI is InChI=1S/C13H20N2OS/c1-10(9-16-3)15(2)8-11-6-4-5-7-12(11)13(14)17/h4-7,10H,8-9H2,1-3H3,(H2,14,17). The summed E-state index contributed by atoms with van der Waals surface area (Å²) in [4.78, 5) is 2.68. The smallest absolute Gasteiger partial charge is 0.104 e. The molecule has 0 amide bonds. The minimum Gasteiger partial charge on any atom is -0.389 e. The maximum atomic E-state index is 5.71. The van der Waals surface area contributed by atoms with Gasteiger partial charge in [0.15, 0.2) is 0 Å². The van der Waals surface area contributed by atoms with Crippen LogP contribution in [0.15, 0.2) is 24.3 Å². The van der Waals surface area contributed by atoms with E-state index in [1.54, 1.807) is 7.11 Å². The van der Waals surface area contributed by atoms with Crippen LogP contribution in [0.2, 0.25) is 0 Å². The van der Waals surface area contributed by atoms with Gasteiger partial charge in [-0.15, -0.1) is 0 Å². The van der Waals surface area contributed by atoms with Gasteiger partial charge in [0.2, 0.25) is 0 Å². The average Bonchev–Trinajstić information content (AvgIpc) is 2.29. The predicted octanol–water partition coefficient (Wildman–Crippen LogP) is 1.79. The van der Waals surface area contributed by atoms with E-state index in [-0.39, 0.29) is 0 Å². The number of hydrogen-bond acceptors (Lipinski definition) is 3. The number of thiocarbonyl (C=S) groups is 1. The number of nitrogens with two attached hydrogens (primary N) is 1. The van der Waals surface area contributed by atoms with E-state index >= 15 is 0 Å². The lowest BCUT2D eigenvalue weighted by molar-refractivity contribution is 0.112. The van der Waals surface area contributed by atoms with E-state index in [4.69, 9.17) is 22.7 Å². The lowest BCUT2D eigenvalue weighted by Crippen LogP contribution is -2.32. The second kappa shape index (κ2) is 6.69. The summed E-state index contributed by atoms with van der Waals surface area (Å²) in [5, 5.41) is 0. The molecule has 0 aliphatic rings. The number of likely N-dealkylation sites (N-methyl/N-ethyl adjacent to an activating group) is 1. The molecule has 4 heteroatoms. The van der Waals surface area contributed by atoms with Crippen molar-refractivity contribution in [2.45, 2.75) is 19.5 Å². The molecule has 0 saturated carbocycles. The fourth-order valence-electron chi connectivity index (χ4n) is 1.69. The summed E-state index contributed by atoms with van der Waals surface area (Å²) in [5.74, 6) is 0. The molecule has 1 rings (SSSR count). The van der Waals surface area contributed by atoms with Crippen LogP contribution >= 0.6 is 12.2 Å². The van der Waals surface area contributed by atoms with Crippen LogP contribution in [0.3, 0.4) is 0 Å². The molecule has 94 valence electrons. The largest absolute Gasteiger partial charge is 0.389 e. The fourth-order valence-corrected chi connectivity index (χ4v) is 1.89. The fraction of sp³-hybridized carbons (Fsp3) is 0.462. The highest BCUT2D eigenvalue weighted by atomic mass is 32.1. The molecule has 0 spiro atoms. The van der Waals surface area contributed by atoms with E-state index < -0.39 is 0 Å². The van der Waals surface area contributed by atoms with Crippen molar-refractivity contribution >= 4 is 17.2 Å². The quantitative estimate of drug-likeness (QED) is 0.783. The van der Waals surface area contributed by atoms with Crippen molar-refractivity contribution in [1.82, 2.24) is 4.90 Å². The summed E-state index contributed by atoms with van der Waals surface area (Å²) >= 11 is 5.05. The molecule has 0 heterocycles. The maximum Gasteiger partial charge on any atom is 0.104 e. The van der Waals surface area contributed by atoms with Crippen LogP contribution in [-0.2, 0) is 11.3 Å². The third-order valence-corrected chi connectivity index (χ3v) is 3.08. The van der Waals surface area contributed by atoms with E-state index in [2.05, 4.69) is 24.9 Å². The van der Waals surface area contributed by atoms with Crippen LogP contribution < -0.4 is 5.73 Å². The minimum absolute atomic E-state index is 0.361. The van der Waals surface area contributed by atoms with Crippen molar-refractivity contribution in [2.75, 3.05) is 20.8 Å². The Labute approximate surface area is 109 Å². The SMILES string of the molecule is COCC(C)N(C)Cc1ccccc1C(N)=S. The Bertz CT molecular complexity index is 381. The van der Waals surface area contributed by atoms with E-state index in [1.165, 1.54) is 0 Å². The normalized spacial score (nSPS) is 12.7. The Morgan fingerprint density at radius 3 is 2.71 bits per heavy atom. The highest BCUT2D eigenvalue weighted by molar-refractivity contribution is 7.80. The van der Waals surface area contributed by atoms with Gasteiger partial charge in [-0.25, -0.2) is 0 Å². The molecule has 1 aromatic carbocycles. The van der Waals surface area contributed by atoms with Crippen molar-refractivity contribution in [1.29, 1.82) is 0 Å². The van der Waals surface area contributed by atoms with Gasteiger partial charge in [-0.1, -0.05) is 36.5 Å². The Balaban J connectivity index is 2.77. The topological polar surface area (TPSA) is 38.5 Å². The van der Waals surface area contributed by atoms with Crippen LogP contribution in [0.1, 0.15) is 18.1 Å². The number of ether oxygens (including phenoxy) is 1. The third kappa shape index (κ3) is 4.07. The number of benzene rings is 1. The molecule has 0 aliphatic heterocycles. The Hall–Kier alpha value is -0.970. The molecule has 1 atom stereocenters. The van der Waals surface area contributed by atoms with Gasteiger partial charge in [-0.3, -0.25) is 4.90 Å². The Kier molecular flexibility index (Phi) is 5.55. The van der Waals surface area contributed by atoms with Crippen LogP contribution in [0.25, 0.3) is 0 Å². The van der Waals surface area contributed by atoms with Crippen LogP contribution in [0.4, 0.5) is 0 Å². The van der Waals surface area contributed by atoms with Gasteiger partial charge in [-0.2, -0.15) is 0 Å². The van der Waals surface area contributed by atoms with E-state index in [9.17, 15) is 0 Å². The van der Waals surface area contributed by atoms with Gasteiger partial charge in [0.25, 0.3) is 0 Å². The summed E-state index contributed by atoms with van der Waals surface area (Å²) in [5.41, 5.74) is 7.83. The molecule has 2 N–H and O–H groups in total. The first kappa shape index (κ1) is 14.1. The van der Waals surface area contributed by atoms with Crippen LogP contribution in [0, 0.1) is 0 Å². The van der Waals surface area contributed by atoms with Crippen molar-refractivity contribution in [3.05, 3.63) is 35.4 Å². The second-order valence-electron chi connectivity index (χ2n) is 4.24. The van der Waals surface area contributed by atoms with Crippen LogP contribution in [-0.4, -0.2) is 36.7 Å². The molecule has 0 aromatic heterocycles. The first-order chi connectivity index (χ1) is 8.06. The molecular formula is C13H20N2OS. The van der Waals surface area contributed by atoms with Crippen molar-refractivity contribution in [3.63, 3.8) is 0 Å². The zero-order valence-electron chi connectivity index (χ0n) is 10.6. The summed E-state index contributed by atoms with van der Waals surface area (Å²) in [6.45, 7) is 3.66. The van der Waals surface area contributed by atoms with E-state index in [1.807, 2.05) is 18.2 Å². The molecule has 1 aromatic rings. The van der Waals surface area contributed by atoms with E-state index in [0.29, 0.717) is 17.6 Å². The van der Waals surface area contributed by atoms with E-state index in [0.717, 1.165) is 17.7 Å². The zero-order chi connectivity index (χ0) is 12.8. The summed E-state index contributed by atoms with van der Waals surface area (Å²) in [6.07, 6.45) is 0. The van der Waals surface area contributed by atoms with Crippen molar-refractivity contribution in [3.8, 4) is 0 Å². The number of methoxy groups -OCH3 is 1. The van der Waals surface area contributed by atoms with Gasteiger partial charge in [0, 0.05) is 25.3 Å². The monoisotopic (exact) mass is 252 g/mol.